The predicted octanol–water partition coefficient (Wildman–Crippen LogP) is 22.7. The van der Waals surface area contributed by atoms with Gasteiger partial charge in [0.2, 0.25) is 5.91 Å². The molecule has 3 unspecified atom stereocenters. The number of nitrogens with zero attached hydrogens (tertiary/aromatic N) is 1. The van der Waals surface area contributed by atoms with E-state index >= 15 is 0 Å². The summed E-state index contributed by atoms with van der Waals surface area (Å²) in [7, 11) is 1.48. The smallest absolute Gasteiger partial charge is 0.456 e. The molecule has 0 rings (SSSR count). The maximum absolute atomic E-state index is 13.6. The van der Waals surface area contributed by atoms with Gasteiger partial charge in [0.1, 0.15) is 19.3 Å². The van der Waals surface area contributed by atoms with Gasteiger partial charge in [-0.3, -0.25) is 18.6 Å². The standard InChI is InChI=1S/C75H135N2O7P/c1-7-10-13-16-19-22-25-28-30-32-34-36-38-40-42-44-46-49-52-55-58-61-64-67-74(78)76-72(71-83-85(80,81)82-70-69-77(4,5)6)73(66-63-60-57-54-51-48-27-24-21-18-15-12-9-3)84-75(79)68-65-62-59-56-53-50-47-45-43-41-39-37-35-33-31-29-26-23-20-17-14-11-8-2/h19-20,22-23,28-31,34-37,41,43,63,66,72-73H,7-18,21,24-27,32-33,38-40,42,44-62,64-65,67-71H2,1-6H3,(H-,76,78,80,81)/p+1/b22-19-,23-20-,30-28-,31-29-,36-34-,37-35-,43-41-,66-63+. The van der Waals surface area contributed by atoms with Crippen molar-refractivity contribution in [3.8, 4) is 0 Å². The van der Waals surface area contributed by atoms with E-state index in [1.165, 1.54) is 167 Å². The van der Waals surface area contributed by atoms with Crippen LogP contribution in [0.2, 0.25) is 0 Å². The van der Waals surface area contributed by atoms with Crippen molar-refractivity contribution in [2.75, 3.05) is 40.9 Å². The first kappa shape index (κ1) is 81.9. The highest BCUT2D eigenvalue weighted by molar-refractivity contribution is 7.47. The molecule has 0 aliphatic heterocycles. The number of phosphoric acid groups is 1. The maximum Gasteiger partial charge on any atom is 0.472 e. The fourth-order valence-electron chi connectivity index (χ4n) is 9.99. The van der Waals surface area contributed by atoms with Gasteiger partial charge in [-0.05, 0) is 115 Å². The number of nitrogens with one attached hydrogen (secondary N) is 1. The molecule has 10 heteroatoms. The first-order valence-electron chi connectivity index (χ1n) is 35.6. The number of hydrogen-bond donors (Lipinski definition) is 2. The van der Waals surface area contributed by atoms with Gasteiger partial charge in [-0.2, -0.15) is 0 Å². The molecule has 0 aromatic heterocycles. The lowest BCUT2D eigenvalue weighted by molar-refractivity contribution is -0.870. The fourth-order valence-corrected chi connectivity index (χ4v) is 10.7. The fraction of sp³-hybridized carbons (Fsp3) is 0.760. The number of amides is 1. The van der Waals surface area contributed by atoms with Crippen molar-refractivity contribution in [3.63, 3.8) is 0 Å². The van der Waals surface area contributed by atoms with E-state index in [1.54, 1.807) is 0 Å². The third kappa shape index (κ3) is 65.2. The Morgan fingerprint density at radius 3 is 1.09 bits per heavy atom. The summed E-state index contributed by atoms with van der Waals surface area (Å²) in [6.07, 6.45) is 86.9. The zero-order valence-electron chi connectivity index (χ0n) is 56.3. The summed E-state index contributed by atoms with van der Waals surface area (Å²) in [5, 5.41) is 3.07. The number of hydrogen-bond acceptors (Lipinski definition) is 6. The number of ether oxygens (including phenoxy) is 1. The highest BCUT2D eigenvalue weighted by atomic mass is 31.2. The van der Waals surface area contributed by atoms with E-state index in [1.807, 2.05) is 33.3 Å². The summed E-state index contributed by atoms with van der Waals surface area (Å²) in [4.78, 5) is 37.9. The van der Waals surface area contributed by atoms with Crippen molar-refractivity contribution in [1.82, 2.24) is 5.32 Å². The molecule has 1 amide bonds. The van der Waals surface area contributed by atoms with Gasteiger partial charge >= 0.3 is 13.8 Å². The topological polar surface area (TPSA) is 111 Å². The second-order valence-electron chi connectivity index (χ2n) is 25.0. The van der Waals surface area contributed by atoms with Gasteiger partial charge in [-0.15, -0.1) is 0 Å². The van der Waals surface area contributed by atoms with Gasteiger partial charge in [0, 0.05) is 12.8 Å². The highest BCUT2D eigenvalue weighted by Gasteiger charge is 2.30. The molecule has 0 aromatic carbocycles. The molecule has 0 spiro atoms. The molecular formula is C75H136N2O7P+. The normalized spacial score (nSPS) is 14.1. The van der Waals surface area contributed by atoms with Gasteiger partial charge in [-0.1, -0.05) is 285 Å². The van der Waals surface area contributed by atoms with Crippen LogP contribution in [0.5, 0.6) is 0 Å². The quantitative estimate of drug-likeness (QED) is 0.0205. The number of likely N-dealkylation sites (N-methyl/N-ethyl adjacent to an activating group) is 1. The van der Waals surface area contributed by atoms with Gasteiger partial charge in [0.15, 0.2) is 0 Å². The maximum atomic E-state index is 13.6. The van der Waals surface area contributed by atoms with Crippen molar-refractivity contribution < 1.29 is 37.3 Å². The highest BCUT2D eigenvalue weighted by Crippen LogP contribution is 2.43. The molecule has 0 aromatic rings. The lowest BCUT2D eigenvalue weighted by atomic mass is 10.0. The molecule has 0 bridgehead atoms. The van der Waals surface area contributed by atoms with Crippen LogP contribution < -0.4 is 5.32 Å². The van der Waals surface area contributed by atoms with Crippen LogP contribution in [0, 0.1) is 0 Å². The van der Waals surface area contributed by atoms with Crippen molar-refractivity contribution in [3.05, 3.63) is 97.2 Å². The van der Waals surface area contributed by atoms with Crippen LogP contribution in [0.15, 0.2) is 97.2 Å². The van der Waals surface area contributed by atoms with Crippen molar-refractivity contribution in [1.29, 1.82) is 0 Å². The second kappa shape index (κ2) is 63.9. The number of esters is 1. The SMILES string of the molecule is CCCCC/C=C\C/C=C\C/C=C\C/C=C\CCCCCCCCCC(=O)OC(/C=C/CCCCCCCCCCCCC)C(COP(=O)(O)OCC[N+](C)(C)C)NC(=O)CCCCCCCCCCCC/C=C\C/C=C\C/C=C\CCCCC. The number of quaternary nitrogens is 1. The lowest BCUT2D eigenvalue weighted by Crippen LogP contribution is -2.47. The average Bonchev–Trinajstić information content (AvgIpc) is 3.52. The molecule has 0 saturated carbocycles. The molecule has 0 saturated heterocycles. The van der Waals surface area contributed by atoms with E-state index in [-0.39, 0.29) is 31.5 Å². The van der Waals surface area contributed by atoms with Crippen LogP contribution in [0.3, 0.4) is 0 Å². The molecule has 85 heavy (non-hydrogen) atoms. The zero-order valence-corrected chi connectivity index (χ0v) is 57.2. The lowest BCUT2D eigenvalue weighted by Gasteiger charge is -2.27. The Labute approximate surface area is 526 Å². The minimum Gasteiger partial charge on any atom is -0.456 e. The van der Waals surface area contributed by atoms with Crippen molar-refractivity contribution >= 4 is 19.7 Å². The molecule has 492 valence electrons. The summed E-state index contributed by atoms with van der Waals surface area (Å²) in [6, 6.07) is -0.862. The molecule has 0 aliphatic rings. The zero-order chi connectivity index (χ0) is 62.1. The number of carbonyl (C=O) groups is 2. The molecule has 9 nitrogen and oxygen atoms in total. The Morgan fingerprint density at radius 2 is 0.718 bits per heavy atom. The van der Waals surface area contributed by atoms with E-state index < -0.39 is 20.0 Å². The van der Waals surface area contributed by atoms with Crippen LogP contribution >= 0.6 is 7.82 Å². The van der Waals surface area contributed by atoms with E-state index in [0.29, 0.717) is 17.4 Å². The van der Waals surface area contributed by atoms with Crippen LogP contribution in [0.25, 0.3) is 0 Å². The first-order valence-corrected chi connectivity index (χ1v) is 37.1. The van der Waals surface area contributed by atoms with E-state index in [0.717, 1.165) is 116 Å². The van der Waals surface area contributed by atoms with Gasteiger partial charge in [0.05, 0.1) is 33.8 Å². The van der Waals surface area contributed by atoms with Crippen LogP contribution in [0.1, 0.15) is 316 Å². The third-order valence-corrected chi connectivity index (χ3v) is 16.5. The Morgan fingerprint density at radius 1 is 0.412 bits per heavy atom. The number of rotatable bonds is 64. The Hall–Kier alpha value is -3.07. The van der Waals surface area contributed by atoms with Crippen LogP contribution in [-0.2, 0) is 27.9 Å². The summed E-state index contributed by atoms with van der Waals surface area (Å²) < 4.78 is 30.8. The number of allylic oxidation sites excluding steroid dienone is 15. The molecule has 0 aliphatic carbocycles. The molecule has 0 fully saturated rings. The number of phosphoric ester groups is 1. The van der Waals surface area contributed by atoms with Gasteiger partial charge in [0.25, 0.3) is 0 Å². The largest absolute Gasteiger partial charge is 0.472 e. The molecular weight excluding hydrogens is 1070 g/mol. The second-order valence-corrected chi connectivity index (χ2v) is 26.5. The van der Waals surface area contributed by atoms with Crippen molar-refractivity contribution in [2.24, 2.45) is 0 Å². The minimum atomic E-state index is -4.46. The summed E-state index contributed by atoms with van der Waals surface area (Å²) in [5.41, 5.74) is 0. The number of carbonyl (C=O) groups excluding carboxylic acids is 2. The summed E-state index contributed by atoms with van der Waals surface area (Å²) >= 11 is 0. The first-order chi connectivity index (χ1) is 41.4. The molecule has 0 heterocycles. The minimum absolute atomic E-state index is 0.0338. The van der Waals surface area contributed by atoms with Gasteiger partial charge in [-0.25, -0.2) is 4.57 Å². The molecule has 0 radical (unpaired) electrons. The van der Waals surface area contributed by atoms with Crippen molar-refractivity contribution in [2.45, 2.75) is 328 Å². The average molecular weight is 1210 g/mol. The molecule has 3 atom stereocenters. The van der Waals surface area contributed by atoms with Crippen LogP contribution in [0.4, 0.5) is 0 Å². The number of unbranched alkanes of at least 4 members (excludes halogenated alkanes) is 34. The monoisotopic (exact) mass is 1210 g/mol. The van der Waals surface area contributed by atoms with E-state index in [4.69, 9.17) is 13.8 Å². The molecule has 2 N–H and O–H groups in total. The van der Waals surface area contributed by atoms with Crippen LogP contribution in [-0.4, -0.2) is 74.3 Å². The Bertz CT molecular complexity index is 1780. The third-order valence-electron chi connectivity index (χ3n) is 15.5. The van der Waals surface area contributed by atoms with Gasteiger partial charge < -0.3 is 19.4 Å². The van der Waals surface area contributed by atoms with E-state index in [9.17, 15) is 19.0 Å². The Kier molecular flexibility index (Phi) is 61.6. The summed E-state index contributed by atoms with van der Waals surface area (Å²) in [5.74, 6) is -0.518. The predicted molar refractivity (Wildman–Crippen MR) is 369 cm³/mol. The van der Waals surface area contributed by atoms with E-state index in [2.05, 4.69) is 111 Å². The summed E-state index contributed by atoms with van der Waals surface area (Å²) in [6.45, 7) is 6.97. The Balaban J connectivity index is 5.17.